The maximum absolute atomic E-state index is 2.35. The molecule has 0 heterocycles. The molecule has 0 rings (SSSR count). The molecule has 0 radical (unpaired) electrons. The molecule has 0 aromatic rings. The van der Waals surface area contributed by atoms with Crippen LogP contribution in [0.15, 0.2) is 23.8 Å². The fourth-order valence-corrected chi connectivity index (χ4v) is 1.38. The van der Waals surface area contributed by atoms with Crippen molar-refractivity contribution in [3.05, 3.63) is 23.8 Å². The summed E-state index contributed by atoms with van der Waals surface area (Å²) < 4.78 is 0. The first kappa shape index (κ1) is 13.5. The SMILES string of the molecule is C/C=C(\C)CC/C=C\CCCCCC. The second-order valence-electron chi connectivity index (χ2n) is 3.99. The summed E-state index contributed by atoms with van der Waals surface area (Å²) in [6.45, 7) is 6.58. The van der Waals surface area contributed by atoms with Crippen molar-refractivity contribution in [1.29, 1.82) is 0 Å². The molecule has 0 atom stereocenters. The van der Waals surface area contributed by atoms with E-state index in [1.54, 1.807) is 0 Å². The molecular weight excluding hydrogens is 168 g/mol. The van der Waals surface area contributed by atoms with Crippen LogP contribution in [0.4, 0.5) is 0 Å². The highest BCUT2D eigenvalue weighted by Gasteiger charge is 1.86. The second-order valence-corrected chi connectivity index (χ2v) is 3.99. The fraction of sp³-hybridized carbons (Fsp3) is 0.714. The maximum Gasteiger partial charge on any atom is -0.0288 e. The van der Waals surface area contributed by atoms with Crippen molar-refractivity contribution >= 4 is 0 Å². The first-order valence-corrected chi connectivity index (χ1v) is 6.08. The van der Waals surface area contributed by atoms with Gasteiger partial charge in [0.1, 0.15) is 0 Å². The molecule has 0 nitrogen and oxygen atoms in total. The summed E-state index contributed by atoms with van der Waals surface area (Å²) in [5.41, 5.74) is 1.50. The highest BCUT2D eigenvalue weighted by atomic mass is 13.9. The zero-order chi connectivity index (χ0) is 10.6. The van der Waals surface area contributed by atoms with Gasteiger partial charge in [-0.05, 0) is 39.5 Å². The van der Waals surface area contributed by atoms with Gasteiger partial charge < -0.3 is 0 Å². The van der Waals surface area contributed by atoms with Crippen LogP contribution in [0.5, 0.6) is 0 Å². The molecular formula is C14H26. The summed E-state index contributed by atoms with van der Waals surface area (Å²) in [5.74, 6) is 0. The Labute approximate surface area is 90.1 Å². The fourth-order valence-electron chi connectivity index (χ4n) is 1.38. The largest absolute Gasteiger partial charge is 0.0887 e. The van der Waals surface area contributed by atoms with E-state index < -0.39 is 0 Å². The van der Waals surface area contributed by atoms with Crippen LogP contribution < -0.4 is 0 Å². The van der Waals surface area contributed by atoms with Gasteiger partial charge in [0.05, 0.1) is 0 Å². The van der Waals surface area contributed by atoms with E-state index in [2.05, 4.69) is 39.0 Å². The Hall–Kier alpha value is -0.520. The lowest BCUT2D eigenvalue weighted by Gasteiger charge is -1.96. The van der Waals surface area contributed by atoms with Gasteiger partial charge in [0.25, 0.3) is 0 Å². The standard InChI is InChI=1S/C14H26/c1-4-6-7-8-9-10-11-12-13-14(3)5-2/h5,10-11H,4,6-9,12-13H2,1-3H3/b11-10-,14-5+. The van der Waals surface area contributed by atoms with Gasteiger partial charge in [-0.3, -0.25) is 0 Å². The monoisotopic (exact) mass is 194 g/mol. The van der Waals surface area contributed by atoms with Crippen molar-refractivity contribution in [3.63, 3.8) is 0 Å². The summed E-state index contributed by atoms with van der Waals surface area (Å²) >= 11 is 0. The number of unbranched alkanes of at least 4 members (excludes halogenated alkanes) is 4. The van der Waals surface area contributed by atoms with Gasteiger partial charge in [-0.1, -0.05) is 50.0 Å². The van der Waals surface area contributed by atoms with Gasteiger partial charge in [0, 0.05) is 0 Å². The lowest BCUT2D eigenvalue weighted by atomic mass is 10.1. The predicted octanol–water partition coefficient (Wildman–Crippen LogP) is 5.26. The number of allylic oxidation sites excluding steroid dienone is 4. The Morgan fingerprint density at radius 2 is 1.71 bits per heavy atom. The van der Waals surface area contributed by atoms with Crippen LogP contribution in [0.25, 0.3) is 0 Å². The average molecular weight is 194 g/mol. The third kappa shape index (κ3) is 9.57. The third-order valence-corrected chi connectivity index (χ3v) is 2.59. The quantitative estimate of drug-likeness (QED) is 0.365. The van der Waals surface area contributed by atoms with Crippen LogP contribution >= 0.6 is 0 Å². The molecule has 0 saturated carbocycles. The second kappa shape index (κ2) is 10.6. The average Bonchev–Trinajstić information content (AvgIpc) is 2.21. The Morgan fingerprint density at radius 3 is 2.36 bits per heavy atom. The molecule has 0 unspecified atom stereocenters. The Balaban J connectivity index is 3.19. The van der Waals surface area contributed by atoms with Crippen molar-refractivity contribution in [2.45, 2.75) is 65.7 Å². The smallest absolute Gasteiger partial charge is 0.0288 e. The first-order valence-electron chi connectivity index (χ1n) is 6.08. The minimum atomic E-state index is 1.21. The van der Waals surface area contributed by atoms with Gasteiger partial charge in [-0.25, -0.2) is 0 Å². The molecule has 0 aliphatic carbocycles. The summed E-state index contributed by atoms with van der Waals surface area (Å²) in [6.07, 6.45) is 16.1. The summed E-state index contributed by atoms with van der Waals surface area (Å²) in [4.78, 5) is 0. The van der Waals surface area contributed by atoms with Gasteiger partial charge >= 0.3 is 0 Å². The van der Waals surface area contributed by atoms with Crippen LogP contribution in [0.1, 0.15) is 65.7 Å². The van der Waals surface area contributed by atoms with Gasteiger partial charge in [-0.2, -0.15) is 0 Å². The van der Waals surface area contributed by atoms with Gasteiger partial charge in [-0.15, -0.1) is 0 Å². The number of hydrogen-bond donors (Lipinski definition) is 0. The van der Waals surface area contributed by atoms with Crippen LogP contribution in [-0.4, -0.2) is 0 Å². The normalized spacial score (nSPS) is 12.6. The lowest BCUT2D eigenvalue weighted by molar-refractivity contribution is 0.674. The van der Waals surface area contributed by atoms with E-state index in [1.807, 2.05) is 0 Å². The van der Waals surface area contributed by atoms with Crippen LogP contribution in [0.2, 0.25) is 0 Å². The highest BCUT2D eigenvalue weighted by molar-refractivity contribution is 4.97. The number of hydrogen-bond acceptors (Lipinski definition) is 0. The zero-order valence-electron chi connectivity index (χ0n) is 10.2. The van der Waals surface area contributed by atoms with Crippen molar-refractivity contribution in [3.8, 4) is 0 Å². The molecule has 82 valence electrons. The van der Waals surface area contributed by atoms with E-state index in [0.29, 0.717) is 0 Å². The first-order chi connectivity index (χ1) is 6.81. The molecule has 0 aliphatic heterocycles. The summed E-state index contributed by atoms with van der Waals surface area (Å²) in [7, 11) is 0. The third-order valence-electron chi connectivity index (χ3n) is 2.59. The van der Waals surface area contributed by atoms with E-state index in [-0.39, 0.29) is 0 Å². The molecule has 0 bridgehead atoms. The highest BCUT2D eigenvalue weighted by Crippen LogP contribution is 2.06. The Bertz CT molecular complexity index is 163. The van der Waals surface area contributed by atoms with E-state index in [0.717, 1.165) is 0 Å². The van der Waals surface area contributed by atoms with Crippen LogP contribution in [0.3, 0.4) is 0 Å². The minimum Gasteiger partial charge on any atom is -0.0887 e. The Morgan fingerprint density at radius 1 is 1.00 bits per heavy atom. The van der Waals surface area contributed by atoms with E-state index in [9.17, 15) is 0 Å². The molecule has 0 saturated heterocycles. The van der Waals surface area contributed by atoms with Crippen molar-refractivity contribution in [1.82, 2.24) is 0 Å². The summed E-state index contributed by atoms with van der Waals surface area (Å²) in [5, 5.41) is 0. The van der Waals surface area contributed by atoms with Crippen LogP contribution in [0, 0.1) is 0 Å². The van der Waals surface area contributed by atoms with Gasteiger partial charge in [0.15, 0.2) is 0 Å². The van der Waals surface area contributed by atoms with E-state index in [1.165, 1.54) is 50.5 Å². The molecule has 0 aromatic carbocycles. The molecule has 0 aromatic heterocycles. The molecule has 0 heteroatoms. The maximum atomic E-state index is 2.35. The topological polar surface area (TPSA) is 0 Å². The van der Waals surface area contributed by atoms with E-state index >= 15 is 0 Å². The molecule has 0 amide bonds. The van der Waals surface area contributed by atoms with Gasteiger partial charge in [0.2, 0.25) is 0 Å². The van der Waals surface area contributed by atoms with Crippen LogP contribution in [-0.2, 0) is 0 Å². The molecule has 0 N–H and O–H groups in total. The molecule has 0 aliphatic rings. The number of rotatable bonds is 8. The Kier molecular flexibility index (Phi) is 10.2. The molecule has 0 fully saturated rings. The van der Waals surface area contributed by atoms with Crippen molar-refractivity contribution in [2.75, 3.05) is 0 Å². The van der Waals surface area contributed by atoms with E-state index in [4.69, 9.17) is 0 Å². The zero-order valence-corrected chi connectivity index (χ0v) is 10.2. The molecule has 14 heavy (non-hydrogen) atoms. The molecule has 0 spiro atoms. The van der Waals surface area contributed by atoms with Crippen molar-refractivity contribution < 1.29 is 0 Å². The summed E-state index contributed by atoms with van der Waals surface area (Å²) in [6, 6.07) is 0. The minimum absolute atomic E-state index is 1.21. The predicted molar refractivity (Wildman–Crippen MR) is 66.6 cm³/mol. The lowest BCUT2D eigenvalue weighted by Crippen LogP contribution is -1.76. The van der Waals surface area contributed by atoms with Crippen molar-refractivity contribution in [2.24, 2.45) is 0 Å².